The Morgan fingerprint density at radius 1 is 1.53 bits per heavy atom. The summed E-state index contributed by atoms with van der Waals surface area (Å²) in [5, 5.41) is 8.93. The minimum atomic E-state index is -4.38. The van der Waals surface area contributed by atoms with Gasteiger partial charge in [-0.15, -0.1) is 0 Å². The summed E-state index contributed by atoms with van der Waals surface area (Å²) in [7, 11) is -4.38. The maximum Gasteiger partial charge on any atom is 0.341 e. The van der Waals surface area contributed by atoms with E-state index >= 15 is 0 Å². The first-order valence-electron chi connectivity index (χ1n) is 4.11. The number of carbonyl (C=O) groups is 2. The van der Waals surface area contributed by atoms with E-state index in [1.54, 1.807) is 0 Å². The molecule has 0 aromatic carbocycles. The molecule has 0 unspecified atom stereocenters. The zero-order valence-electron chi connectivity index (χ0n) is 8.16. The van der Waals surface area contributed by atoms with Crippen molar-refractivity contribution in [2.45, 2.75) is 19.8 Å². The van der Waals surface area contributed by atoms with Gasteiger partial charge in [0.2, 0.25) is 0 Å². The minimum absolute atomic E-state index is 0.0637. The molecule has 0 aliphatic rings. The Balaban J connectivity index is 4.62. The first-order chi connectivity index (χ1) is 6.87. The van der Waals surface area contributed by atoms with Crippen LogP contribution in [-0.4, -0.2) is 41.2 Å². The average Bonchev–Trinajstić information content (AvgIpc) is 2.23. The van der Waals surface area contributed by atoms with Crippen molar-refractivity contribution in [3.8, 4) is 0 Å². The molecule has 1 amide bonds. The van der Waals surface area contributed by atoms with Crippen LogP contribution in [0.15, 0.2) is 0 Å². The highest BCUT2D eigenvalue weighted by atomic mass is 32.2. The molecular weight excluding hydrogens is 226 g/mol. The van der Waals surface area contributed by atoms with E-state index < -0.39 is 16.1 Å². The standard InChI is InChI=1S/C6H13N3O5S/c1-2-8(12)15(13,14)9(7)6(11)4-3-5-10/h5,12H,2-4,7H2,1H3. The molecule has 0 saturated carbocycles. The Labute approximate surface area is 87.4 Å². The Bertz CT molecular complexity index is 328. The van der Waals surface area contributed by atoms with Crippen LogP contribution in [-0.2, 0) is 19.8 Å². The van der Waals surface area contributed by atoms with Crippen molar-refractivity contribution < 1.29 is 23.2 Å². The lowest BCUT2D eigenvalue weighted by Crippen LogP contribution is -2.49. The van der Waals surface area contributed by atoms with Crippen LogP contribution in [0.2, 0.25) is 0 Å². The van der Waals surface area contributed by atoms with E-state index in [9.17, 15) is 18.0 Å². The van der Waals surface area contributed by atoms with Crippen molar-refractivity contribution in [2.75, 3.05) is 6.54 Å². The van der Waals surface area contributed by atoms with Gasteiger partial charge in [0.15, 0.2) is 0 Å². The second kappa shape index (κ2) is 5.75. The van der Waals surface area contributed by atoms with Gasteiger partial charge in [0.1, 0.15) is 6.29 Å². The molecule has 0 aromatic rings. The van der Waals surface area contributed by atoms with Crippen LogP contribution in [0.5, 0.6) is 0 Å². The van der Waals surface area contributed by atoms with Gasteiger partial charge in [0.25, 0.3) is 5.91 Å². The molecule has 0 heterocycles. The topological polar surface area (TPSA) is 121 Å². The number of hydroxylamine groups is 1. The Kier molecular flexibility index (Phi) is 5.36. The van der Waals surface area contributed by atoms with Crippen LogP contribution in [0.1, 0.15) is 19.8 Å². The van der Waals surface area contributed by atoms with Gasteiger partial charge in [-0.2, -0.15) is 12.8 Å². The highest BCUT2D eigenvalue weighted by Gasteiger charge is 2.28. The molecule has 9 heteroatoms. The normalized spacial score (nSPS) is 11.5. The summed E-state index contributed by atoms with van der Waals surface area (Å²) in [6.07, 6.45) is 0.0191. The van der Waals surface area contributed by atoms with Crippen LogP contribution < -0.4 is 5.84 Å². The van der Waals surface area contributed by atoms with Crippen molar-refractivity contribution in [3.63, 3.8) is 0 Å². The van der Waals surface area contributed by atoms with Crippen molar-refractivity contribution in [1.29, 1.82) is 0 Å². The average molecular weight is 239 g/mol. The number of rotatable bonds is 6. The highest BCUT2D eigenvalue weighted by Crippen LogP contribution is 2.03. The summed E-state index contributed by atoms with van der Waals surface area (Å²) in [6, 6.07) is 0. The number of amides is 1. The molecule has 88 valence electrons. The number of hydrazine groups is 1. The van der Waals surface area contributed by atoms with E-state index in [-0.39, 0.29) is 28.3 Å². The van der Waals surface area contributed by atoms with Crippen LogP contribution in [0.3, 0.4) is 0 Å². The Morgan fingerprint density at radius 3 is 2.47 bits per heavy atom. The zero-order valence-corrected chi connectivity index (χ0v) is 8.98. The third kappa shape index (κ3) is 3.55. The minimum Gasteiger partial charge on any atom is -0.303 e. The lowest BCUT2D eigenvalue weighted by atomic mass is 10.3. The van der Waals surface area contributed by atoms with E-state index in [1.165, 1.54) is 6.92 Å². The van der Waals surface area contributed by atoms with E-state index in [0.717, 1.165) is 0 Å². The van der Waals surface area contributed by atoms with Gasteiger partial charge in [0.05, 0.1) is 0 Å². The van der Waals surface area contributed by atoms with Crippen LogP contribution in [0.25, 0.3) is 0 Å². The van der Waals surface area contributed by atoms with E-state index in [2.05, 4.69) is 0 Å². The predicted molar refractivity (Wildman–Crippen MR) is 49.4 cm³/mol. The lowest BCUT2D eigenvalue weighted by Gasteiger charge is -2.20. The first kappa shape index (κ1) is 14.0. The second-order valence-electron chi connectivity index (χ2n) is 2.54. The van der Waals surface area contributed by atoms with E-state index in [0.29, 0.717) is 6.29 Å². The number of hydrogen-bond acceptors (Lipinski definition) is 6. The summed E-state index contributed by atoms with van der Waals surface area (Å²) in [6.45, 7) is 1.12. The highest BCUT2D eigenvalue weighted by molar-refractivity contribution is 7.87. The number of carbonyl (C=O) groups excluding carboxylic acids is 2. The predicted octanol–water partition coefficient (Wildman–Crippen LogP) is -1.38. The maximum atomic E-state index is 11.2. The fourth-order valence-electron chi connectivity index (χ4n) is 0.686. The number of hydrogen-bond donors (Lipinski definition) is 2. The molecule has 0 atom stereocenters. The smallest absolute Gasteiger partial charge is 0.303 e. The molecule has 0 aromatic heterocycles. The molecular formula is C6H13N3O5S. The first-order valence-corrected chi connectivity index (χ1v) is 5.50. The van der Waals surface area contributed by atoms with Gasteiger partial charge in [-0.05, 0) is 6.92 Å². The monoisotopic (exact) mass is 239 g/mol. The number of nitrogens with zero attached hydrogens (tertiary/aromatic N) is 2. The number of nitrogens with two attached hydrogens (primary N) is 1. The molecule has 3 N–H and O–H groups in total. The molecule has 0 bridgehead atoms. The SMILES string of the molecule is CCN(O)S(=O)(=O)N(N)C(=O)CCC=O. The summed E-state index contributed by atoms with van der Waals surface area (Å²) < 4.78 is 22.3. The van der Waals surface area contributed by atoms with Crippen molar-refractivity contribution in [3.05, 3.63) is 0 Å². The molecule has 0 aliphatic heterocycles. The van der Waals surface area contributed by atoms with E-state index in [4.69, 9.17) is 11.0 Å². The van der Waals surface area contributed by atoms with Crippen molar-refractivity contribution in [1.82, 2.24) is 8.88 Å². The molecule has 15 heavy (non-hydrogen) atoms. The quantitative estimate of drug-likeness (QED) is 0.255. The maximum absolute atomic E-state index is 11.2. The zero-order chi connectivity index (χ0) is 12.1. The van der Waals surface area contributed by atoms with Gasteiger partial charge in [-0.25, -0.2) is 5.84 Å². The Morgan fingerprint density at radius 2 is 2.07 bits per heavy atom. The van der Waals surface area contributed by atoms with Crippen LogP contribution in [0, 0.1) is 0 Å². The van der Waals surface area contributed by atoms with Crippen LogP contribution in [0.4, 0.5) is 0 Å². The lowest BCUT2D eigenvalue weighted by molar-refractivity contribution is -0.128. The third-order valence-corrected chi connectivity index (χ3v) is 3.00. The molecule has 0 aliphatic carbocycles. The molecule has 0 fully saturated rings. The van der Waals surface area contributed by atoms with E-state index in [1.807, 2.05) is 0 Å². The fraction of sp³-hybridized carbons (Fsp3) is 0.667. The molecule has 0 saturated heterocycles. The third-order valence-electron chi connectivity index (χ3n) is 1.51. The number of aldehydes is 1. The Hall–Kier alpha value is -1.03. The van der Waals surface area contributed by atoms with Gasteiger partial charge >= 0.3 is 10.2 Å². The molecule has 0 radical (unpaired) electrons. The fourth-order valence-corrected chi connectivity index (χ4v) is 1.56. The summed E-state index contributed by atoms with van der Waals surface area (Å²) >= 11 is 0. The summed E-state index contributed by atoms with van der Waals surface area (Å²) in [4.78, 5) is 21.0. The van der Waals surface area contributed by atoms with Crippen LogP contribution >= 0.6 is 0 Å². The summed E-state index contributed by atoms with van der Waals surface area (Å²) in [5.74, 6) is 4.03. The van der Waals surface area contributed by atoms with Crippen molar-refractivity contribution >= 4 is 22.4 Å². The second-order valence-corrected chi connectivity index (χ2v) is 4.25. The largest absolute Gasteiger partial charge is 0.341 e. The molecule has 8 nitrogen and oxygen atoms in total. The van der Waals surface area contributed by atoms with Gasteiger partial charge < -0.3 is 4.79 Å². The van der Waals surface area contributed by atoms with Gasteiger partial charge in [0, 0.05) is 19.4 Å². The van der Waals surface area contributed by atoms with Crippen molar-refractivity contribution in [2.24, 2.45) is 5.84 Å². The summed E-state index contributed by atoms with van der Waals surface area (Å²) in [5.41, 5.74) is 0. The van der Waals surface area contributed by atoms with Gasteiger partial charge in [-0.3, -0.25) is 10.0 Å². The molecule has 0 rings (SSSR count). The van der Waals surface area contributed by atoms with Gasteiger partial charge in [-0.1, -0.05) is 4.47 Å². The molecule has 0 spiro atoms.